The Balaban J connectivity index is 2.76. The van der Waals surface area contributed by atoms with Gasteiger partial charge in [0.25, 0.3) is 0 Å². The molecule has 10 heteroatoms. The lowest BCUT2D eigenvalue weighted by Gasteiger charge is -2.11. The number of benzene rings is 1. The summed E-state index contributed by atoms with van der Waals surface area (Å²) >= 11 is 0. The van der Waals surface area contributed by atoms with Crippen molar-refractivity contribution in [2.75, 3.05) is 0 Å². The fourth-order valence-corrected chi connectivity index (χ4v) is 2.41. The van der Waals surface area contributed by atoms with Crippen molar-refractivity contribution in [2.45, 2.75) is 0 Å². The van der Waals surface area contributed by atoms with Gasteiger partial charge in [-0.1, -0.05) is 18.2 Å². The van der Waals surface area contributed by atoms with Gasteiger partial charge in [0, 0.05) is 0 Å². The molecule has 1 atom stereocenters. The minimum atomic E-state index is -5.23. The SMILES string of the molecule is O=C(OP(=O)(O)OP(=O)(O)O)c1ccccc1. The summed E-state index contributed by atoms with van der Waals surface area (Å²) in [7, 11) is -10.4. The van der Waals surface area contributed by atoms with Crippen LogP contribution in [0, 0.1) is 0 Å². The van der Waals surface area contributed by atoms with Gasteiger partial charge in [-0.25, -0.2) is 13.9 Å². The number of hydrogen-bond acceptors (Lipinski definition) is 5. The summed E-state index contributed by atoms with van der Waals surface area (Å²) in [6.45, 7) is 0. The van der Waals surface area contributed by atoms with Crippen LogP contribution in [-0.4, -0.2) is 20.6 Å². The Hall–Kier alpha value is -1.01. The Kier molecular flexibility index (Phi) is 4.21. The van der Waals surface area contributed by atoms with Crippen molar-refractivity contribution >= 4 is 21.6 Å². The average molecular weight is 282 g/mol. The fraction of sp³-hybridized carbons (Fsp3) is 0. The highest BCUT2D eigenvalue weighted by atomic mass is 31.3. The van der Waals surface area contributed by atoms with E-state index in [1.54, 1.807) is 6.07 Å². The highest BCUT2D eigenvalue weighted by Gasteiger charge is 2.35. The van der Waals surface area contributed by atoms with Crippen molar-refractivity contribution in [3.63, 3.8) is 0 Å². The molecular formula is C7H8O8P2. The van der Waals surface area contributed by atoms with E-state index < -0.39 is 21.6 Å². The normalized spacial score (nSPS) is 15.0. The van der Waals surface area contributed by atoms with Crippen molar-refractivity contribution in [2.24, 2.45) is 0 Å². The largest absolute Gasteiger partial charge is 0.538 e. The molecule has 0 aromatic heterocycles. The van der Waals surface area contributed by atoms with Crippen LogP contribution >= 0.6 is 15.6 Å². The van der Waals surface area contributed by atoms with Gasteiger partial charge in [-0.15, -0.1) is 0 Å². The van der Waals surface area contributed by atoms with E-state index in [9.17, 15) is 13.9 Å². The monoisotopic (exact) mass is 282 g/mol. The standard InChI is InChI=1S/C7H8O8P2/c8-7(6-4-2-1-3-5-6)14-17(12,13)15-16(9,10)11/h1-5H,(H,12,13)(H2,9,10,11). The lowest BCUT2D eigenvalue weighted by molar-refractivity contribution is 0.0676. The van der Waals surface area contributed by atoms with E-state index in [2.05, 4.69) is 8.83 Å². The molecule has 0 fully saturated rings. The van der Waals surface area contributed by atoms with Gasteiger partial charge in [-0.2, -0.15) is 4.31 Å². The van der Waals surface area contributed by atoms with Crippen LogP contribution in [0.3, 0.4) is 0 Å². The highest BCUT2D eigenvalue weighted by molar-refractivity contribution is 7.61. The first-order valence-corrected chi connectivity index (χ1v) is 7.11. The van der Waals surface area contributed by atoms with E-state index in [1.807, 2.05) is 0 Å². The van der Waals surface area contributed by atoms with Gasteiger partial charge in [0.2, 0.25) is 0 Å². The first-order valence-electron chi connectivity index (χ1n) is 4.08. The summed E-state index contributed by atoms with van der Waals surface area (Å²) in [5.41, 5.74) is -0.0592. The van der Waals surface area contributed by atoms with Crippen LogP contribution in [0.5, 0.6) is 0 Å². The first kappa shape index (κ1) is 14.1. The van der Waals surface area contributed by atoms with Gasteiger partial charge >= 0.3 is 21.6 Å². The molecule has 0 aliphatic carbocycles. The summed E-state index contributed by atoms with van der Waals surface area (Å²) in [6, 6.07) is 7.13. The number of phosphoric acid groups is 2. The second-order valence-corrected chi connectivity index (χ2v) is 5.54. The minimum absolute atomic E-state index is 0.0592. The van der Waals surface area contributed by atoms with Crippen molar-refractivity contribution in [3.05, 3.63) is 35.9 Å². The Morgan fingerprint density at radius 3 is 2.06 bits per heavy atom. The molecule has 0 bridgehead atoms. The molecule has 17 heavy (non-hydrogen) atoms. The van der Waals surface area contributed by atoms with E-state index in [0.717, 1.165) is 0 Å². The maximum atomic E-state index is 11.3. The number of carbonyl (C=O) groups excluding carboxylic acids is 1. The summed E-state index contributed by atoms with van der Waals surface area (Å²) in [5.74, 6) is -1.23. The first-order chi connectivity index (χ1) is 7.70. The van der Waals surface area contributed by atoms with E-state index in [4.69, 9.17) is 14.7 Å². The molecule has 1 aromatic carbocycles. The molecule has 1 unspecified atom stereocenters. The van der Waals surface area contributed by atoms with Gasteiger partial charge in [-0.3, -0.25) is 4.89 Å². The predicted octanol–water partition coefficient (Wildman–Crippen LogP) is 1.05. The highest BCUT2D eigenvalue weighted by Crippen LogP contribution is 2.57. The van der Waals surface area contributed by atoms with Crippen LogP contribution in [0.4, 0.5) is 0 Å². The smallest absolute Gasteiger partial charge is 0.366 e. The van der Waals surface area contributed by atoms with E-state index in [-0.39, 0.29) is 5.56 Å². The van der Waals surface area contributed by atoms with Gasteiger partial charge in [0.15, 0.2) is 0 Å². The summed E-state index contributed by atoms with van der Waals surface area (Å²) in [6.07, 6.45) is 0. The van der Waals surface area contributed by atoms with E-state index >= 15 is 0 Å². The molecule has 0 saturated carbocycles. The maximum Gasteiger partial charge on any atom is 0.538 e. The molecule has 3 N–H and O–H groups in total. The van der Waals surface area contributed by atoms with E-state index in [0.29, 0.717) is 0 Å². The molecular weight excluding hydrogens is 274 g/mol. The zero-order chi connectivity index (χ0) is 13.1. The van der Waals surface area contributed by atoms with E-state index in [1.165, 1.54) is 24.3 Å². The summed E-state index contributed by atoms with van der Waals surface area (Å²) in [5, 5.41) is 0. The lowest BCUT2D eigenvalue weighted by Crippen LogP contribution is -2.04. The summed E-state index contributed by atoms with van der Waals surface area (Å²) < 4.78 is 28.7. The number of carbonyl (C=O) groups is 1. The molecule has 0 amide bonds. The van der Waals surface area contributed by atoms with Gasteiger partial charge < -0.3 is 14.3 Å². The minimum Gasteiger partial charge on any atom is -0.366 e. The maximum absolute atomic E-state index is 11.3. The molecule has 94 valence electrons. The molecule has 0 spiro atoms. The van der Waals surface area contributed by atoms with Crippen LogP contribution in [0.15, 0.2) is 30.3 Å². The van der Waals surface area contributed by atoms with Crippen molar-refractivity contribution in [3.8, 4) is 0 Å². The third kappa shape index (κ3) is 5.23. The zero-order valence-corrected chi connectivity index (χ0v) is 9.95. The van der Waals surface area contributed by atoms with Crippen molar-refractivity contribution < 1.29 is 37.4 Å². The number of hydrogen-bond donors (Lipinski definition) is 3. The van der Waals surface area contributed by atoms with Crippen LogP contribution in [-0.2, 0) is 18.0 Å². The molecule has 1 aromatic rings. The zero-order valence-electron chi connectivity index (χ0n) is 8.16. The number of rotatable bonds is 4. The van der Waals surface area contributed by atoms with Gasteiger partial charge in [-0.05, 0) is 12.1 Å². The average Bonchev–Trinajstić information content (AvgIpc) is 2.14. The molecule has 0 aliphatic heterocycles. The number of phosphoric ester groups is 1. The fourth-order valence-electron chi connectivity index (χ4n) is 0.883. The quantitative estimate of drug-likeness (QED) is 0.698. The Morgan fingerprint density at radius 2 is 1.59 bits per heavy atom. The van der Waals surface area contributed by atoms with Crippen molar-refractivity contribution in [1.29, 1.82) is 0 Å². The molecule has 0 saturated heterocycles. The molecule has 0 radical (unpaired) electrons. The Morgan fingerprint density at radius 1 is 1.06 bits per heavy atom. The molecule has 0 aliphatic rings. The third-order valence-corrected chi connectivity index (χ3v) is 3.49. The second-order valence-electron chi connectivity index (χ2n) is 2.79. The topological polar surface area (TPSA) is 130 Å². The molecule has 0 heterocycles. The second kappa shape index (κ2) is 5.10. The molecule has 1 rings (SSSR count). The third-order valence-electron chi connectivity index (χ3n) is 1.42. The Bertz CT molecular complexity index is 492. The lowest BCUT2D eigenvalue weighted by atomic mass is 10.2. The van der Waals surface area contributed by atoms with Gasteiger partial charge in [0.05, 0.1) is 5.56 Å². The predicted molar refractivity (Wildman–Crippen MR) is 54.8 cm³/mol. The van der Waals surface area contributed by atoms with Crippen LogP contribution in [0.25, 0.3) is 0 Å². The van der Waals surface area contributed by atoms with Crippen LogP contribution in [0.2, 0.25) is 0 Å². The van der Waals surface area contributed by atoms with Crippen molar-refractivity contribution in [1.82, 2.24) is 0 Å². The molecule has 8 nitrogen and oxygen atoms in total. The van der Waals surface area contributed by atoms with Crippen LogP contribution in [0.1, 0.15) is 10.4 Å². The van der Waals surface area contributed by atoms with Gasteiger partial charge in [0.1, 0.15) is 0 Å². The summed E-state index contributed by atoms with van der Waals surface area (Å²) in [4.78, 5) is 36.7. The Labute approximate surface area is 95.7 Å². The van der Waals surface area contributed by atoms with Crippen LogP contribution < -0.4 is 0 Å².